The number of aliphatic hydroxyl groups excluding tert-OH is 1. The summed E-state index contributed by atoms with van der Waals surface area (Å²) in [6.45, 7) is 0.00588. The fraction of sp³-hybridized carbons (Fsp3) is 0.200. The standard InChI is InChI=1S/C20H19BN2O3/c1-26-18-7-6-15-5-4-14(9-17(15)11-18)10-20(25)23(21)13-19(24)16-3-2-8-22-12-16/h2-9,11-12,19,24H,10,13H2,1H3. The van der Waals surface area contributed by atoms with Gasteiger partial charge in [-0.1, -0.05) is 30.3 Å². The maximum absolute atomic E-state index is 12.4. The predicted octanol–water partition coefficient (Wildman–Crippen LogP) is 2.43. The molecule has 0 aliphatic heterocycles. The molecule has 6 heteroatoms. The summed E-state index contributed by atoms with van der Waals surface area (Å²) in [5.74, 6) is 0.496. The number of hydrogen-bond acceptors (Lipinski definition) is 4. The van der Waals surface area contributed by atoms with Gasteiger partial charge in [-0.3, -0.25) is 9.78 Å². The van der Waals surface area contributed by atoms with Gasteiger partial charge >= 0.3 is 0 Å². The second kappa shape index (κ2) is 8.02. The molecule has 1 heterocycles. The first-order chi connectivity index (χ1) is 12.6. The number of amides is 1. The molecule has 0 bridgehead atoms. The molecule has 5 nitrogen and oxygen atoms in total. The number of pyridine rings is 1. The first-order valence-electron chi connectivity index (χ1n) is 8.26. The molecule has 0 aliphatic carbocycles. The Morgan fingerprint density at radius 1 is 1.23 bits per heavy atom. The quantitative estimate of drug-likeness (QED) is 0.697. The summed E-state index contributed by atoms with van der Waals surface area (Å²) in [6, 6.07) is 15.1. The third kappa shape index (κ3) is 4.21. The molecule has 3 rings (SSSR count). The summed E-state index contributed by atoms with van der Waals surface area (Å²) in [6.07, 6.45) is 2.46. The van der Waals surface area contributed by atoms with Crippen LogP contribution in [-0.4, -0.2) is 42.4 Å². The highest BCUT2D eigenvalue weighted by molar-refractivity contribution is 6.14. The highest BCUT2D eigenvalue weighted by atomic mass is 16.5. The van der Waals surface area contributed by atoms with Crippen molar-refractivity contribution in [2.75, 3.05) is 13.7 Å². The highest BCUT2D eigenvalue weighted by Crippen LogP contribution is 2.22. The molecule has 130 valence electrons. The molecule has 0 saturated heterocycles. The van der Waals surface area contributed by atoms with Crippen LogP contribution in [0.2, 0.25) is 0 Å². The molecule has 0 saturated carbocycles. The van der Waals surface area contributed by atoms with Crippen LogP contribution in [0.3, 0.4) is 0 Å². The van der Waals surface area contributed by atoms with E-state index in [4.69, 9.17) is 12.7 Å². The molecule has 2 aromatic carbocycles. The van der Waals surface area contributed by atoms with Gasteiger partial charge in [-0.15, -0.1) is 0 Å². The molecule has 3 aromatic rings. The number of ether oxygens (including phenoxy) is 1. The number of aromatic nitrogens is 1. The van der Waals surface area contributed by atoms with E-state index in [-0.39, 0.29) is 18.9 Å². The molecule has 0 spiro atoms. The Bertz CT molecular complexity index is 902. The lowest BCUT2D eigenvalue weighted by Crippen LogP contribution is -2.33. The monoisotopic (exact) mass is 346 g/mol. The van der Waals surface area contributed by atoms with Crippen LogP contribution in [0.25, 0.3) is 10.8 Å². The van der Waals surface area contributed by atoms with Crippen LogP contribution in [0, 0.1) is 0 Å². The largest absolute Gasteiger partial charge is 0.497 e. The first kappa shape index (κ1) is 18.0. The molecule has 1 N–H and O–H groups in total. The predicted molar refractivity (Wildman–Crippen MR) is 101 cm³/mol. The van der Waals surface area contributed by atoms with Gasteiger partial charge in [-0.05, 0) is 34.5 Å². The van der Waals surface area contributed by atoms with Crippen molar-refractivity contribution in [3.05, 3.63) is 72.1 Å². The maximum atomic E-state index is 12.4. The fourth-order valence-corrected chi connectivity index (χ4v) is 2.75. The Labute approximate surface area is 153 Å². The van der Waals surface area contributed by atoms with Gasteiger partial charge in [0.05, 0.1) is 19.6 Å². The third-order valence-electron chi connectivity index (χ3n) is 4.23. The lowest BCUT2D eigenvalue weighted by atomic mass is 10.0. The van der Waals surface area contributed by atoms with Crippen molar-refractivity contribution in [3.8, 4) is 5.75 Å². The van der Waals surface area contributed by atoms with Crippen LogP contribution in [-0.2, 0) is 11.2 Å². The van der Waals surface area contributed by atoms with Gasteiger partial charge in [0.1, 0.15) is 5.75 Å². The summed E-state index contributed by atoms with van der Waals surface area (Å²) in [5.41, 5.74) is 1.47. The zero-order chi connectivity index (χ0) is 18.5. The van der Waals surface area contributed by atoms with Gasteiger partial charge in [-0.2, -0.15) is 0 Å². The normalized spacial score (nSPS) is 11.9. The van der Waals surface area contributed by atoms with Gasteiger partial charge in [0.15, 0.2) is 0 Å². The van der Waals surface area contributed by atoms with E-state index in [1.165, 1.54) is 0 Å². The molecule has 1 atom stereocenters. The lowest BCUT2D eigenvalue weighted by Gasteiger charge is -2.21. The number of fused-ring (bicyclic) bond motifs is 1. The zero-order valence-corrected chi connectivity index (χ0v) is 14.5. The van der Waals surface area contributed by atoms with Crippen LogP contribution >= 0.6 is 0 Å². The van der Waals surface area contributed by atoms with Crippen LogP contribution in [0.4, 0.5) is 0 Å². The first-order valence-corrected chi connectivity index (χ1v) is 8.26. The Morgan fingerprint density at radius 3 is 2.77 bits per heavy atom. The number of rotatable bonds is 6. The Balaban J connectivity index is 1.67. The number of benzene rings is 2. The molecule has 26 heavy (non-hydrogen) atoms. The zero-order valence-electron chi connectivity index (χ0n) is 14.5. The smallest absolute Gasteiger partial charge is 0.230 e. The van der Waals surface area contributed by atoms with Gasteiger partial charge in [-0.25, -0.2) is 0 Å². The summed E-state index contributed by atoms with van der Waals surface area (Å²) >= 11 is 0. The third-order valence-corrected chi connectivity index (χ3v) is 4.23. The van der Waals surface area contributed by atoms with Crippen molar-refractivity contribution in [2.45, 2.75) is 12.5 Å². The average Bonchev–Trinajstić information content (AvgIpc) is 2.67. The molecule has 1 amide bonds. The van der Waals surface area contributed by atoms with Crippen molar-refractivity contribution in [1.82, 2.24) is 9.79 Å². The van der Waals surface area contributed by atoms with Gasteiger partial charge in [0, 0.05) is 24.5 Å². The minimum Gasteiger partial charge on any atom is -0.497 e. The molecule has 2 radical (unpaired) electrons. The van der Waals surface area contributed by atoms with Crippen molar-refractivity contribution >= 4 is 24.7 Å². The van der Waals surface area contributed by atoms with E-state index in [0.717, 1.165) is 26.9 Å². The van der Waals surface area contributed by atoms with E-state index in [1.54, 1.807) is 31.6 Å². The van der Waals surface area contributed by atoms with E-state index in [1.807, 2.05) is 36.4 Å². The molecule has 0 fully saturated rings. The number of hydrogen-bond donors (Lipinski definition) is 1. The SMILES string of the molecule is [B]N(CC(O)c1cccnc1)C(=O)Cc1ccc2ccc(OC)cc2c1. The number of carbonyl (C=O) groups is 1. The Hall–Kier alpha value is -2.86. The lowest BCUT2D eigenvalue weighted by molar-refractivity contribution is -0.126. The van der Waals surface area contributed by atoms with E-state index in [9.17, 15) is 9.90 Å². The van der Waals surface area contributed by atoms with E-state index < -0.39 is 6.10 Å². The van der Waals surface area contributed by atoms with Crippen molar-refractivity contribution < 1.29 is 14.6 Å². The van der Waals surface area contributed by atoms with Crippen LogP contribution in [0.5, 0.6) is 5.75 Å². The maximum Gasteiger partial charge on any atom is 0.230 e. The summed E-state index contributed by atoms with van der Waals surface area (Å²) in [5, 5.41) is 12.2. The number of aliphatic hydroxyl groups is 1. The molecule has 1 unspecified atom stereocenters. The topological polar surface area (TPSA) is 62.7 Å². The van der Waals surface area contributed by atoms with Crippen LogP contribution in [0.1, 0.15) is 17.2 Å². The number of carbonyl (C=O) groups excluding carboxylic acids is 1. The minimum atomic E-state index is -0.876. The highest BCUT2D eigenvalue weighted by Gasteiger charge is 2.15. The van der Waals surface area contributed by atoms with Crippen molar-refractivity contribution in [3.63, 3.8) is 0 Å². The van der Waals surface area contributed by atoms with Crippen molar-refractivity contribution in [1.29, 1.82) is 0 Å². The minimum absolute atomic E-state index is 0.00588. The molecular formula is C20H19BN2O3. The number of nitrogens with zero attached hydrogens (tertiary/aromatic N) is 2. The van der Waals surface area contributed by atoms with E-state index in [0.29, 0.717) is 5.56 Å². The summed E-state index contributed by atoms with van der Waals surface area (Å²) in [4.78, 5) is 17.4. The number of methoxy groups -OCH3 is 1. The summed E-state index contributed by atoms with van der Waals surface area (Å²) < 4.78 is 5.24. The second-order valence-corrected chi connectivity index (χ2v) is 6.07. The van der Waals surface area contributed by atoms with Crippen LogP contribution in [0.15, 0.2) is 60.9 Å². The van der Waals surface area contributed by atoms with Gasteiger partial charge in [0.2, 0.25) is 13.9 Å². The van der Waals surface area contributed by atoms with Crippen LogP contribution < -0.4 is 4.74 Å². The van der Waals surface area contributed by atoms with Gasteiger partial charge < -0.3 is 14.7 Å². The van der Waals surface area contributed by atoms with Crippen molar-refractivity contribution in [2.24, 2.45) is 0 Å². The Kier molecular flexibility index (Phi) is 5.53. The van der Waals surface area contributed by atoms with Gasteiger partial charge in [0.25, 0.3) is 0 Å². The molecule has 0 aliphatic rings. The molecular weight excluding hydrogens is 327 g/mol. The Morgan fingerprint density at radius 2 is 2.04 bits per heavy atom. The van der Waals surface area contributed by atoms with E-state index >= 15 is 0 Å². The second-order valence-electron chi connectivity index (χ2n) is 6.07. The fourth-order valence-electron chi connectivity index (χ4n) is 2.75. The summed E-state index contributed by atoms with van der Waals surface area (Å²) in [7, 11) is 7.46. The molecule has 1 aromatic heterocycles. The average molecular weight is 346 g/mol. The van der Waals surface area contributed by atoms with E-state index in [2.05, 4.69) is 4.98 Å².